The second-order valence-corrected chi connectivity index (χ2v) is 5.04. The Morgan fingerprint density at radius 2 is 1.73 bits per heavy atom. The lowest BCUT2D eigenvalue weighted by molar-refractivity contribution is -0.00456. The van der Waals surface area contributed by atoms with E-state index >= 15 is 0 Å². The third-order valence-corrected chi connectivity index (χ3v) is 3.80. The van der Waals surface area contributed by atoms with Crippen LogP contribution in [-0.2, 0) is 0 Å². The zero-order valence-electron chi connectivity index (χ0n) is 11.0. The van der Waals surface area contributed by atoms with Gasteiger partial charge in [-0.3, -0.25) is 9.80 Å². The maximum atomic E-state index is 2.55. The van der Waals surface area contributed by atoms with Gasteiger partial charge in [0.25, 0.3) is 0 Å². The van der Waals surface area contributed by atoms with E-state index in [-0.39, 0.29) is 0 Å². The van der Waals surface area contributed by atoms with Crippen LogP contribution in [0.3, 0.4) is 0 Å². The molecule has 1 fully saturated rings. The summed E-state index contributed by atoms with van der Waals surface area (Å²) in [5.41, 5.74) is 0. The van der Waals surface area contributed by atoms with Gasteiger partial charge in [-0.05, 0) is 32.9 Å². The van der Waals surface area contributed by atoms with E-state index in [9.17, 15) is 0 Å². The van der Waals surface area contributed by atoms with Crippen molar-refractivity contribution in [2.24, 2.45) is 5.92 Å². The van der Waals surface area contributed by atoms with Gasteiger partial charge < -0.3 is 0 Å². The average Bonchev–Trinajstić information content (AvgIpc) is 2.22. The molecule has 0 N–H and O–H groups in total. The summed E-state index contributed by atoms with van der Waals surface area (Å²) in [6, 6.07) is 0. The minimum atomic E-state index is 0.690. The highest BCUT2D eigenvalue weighted by Gasteiger charge is 2.29. The summed E-state index contributed by atoms with van der Waals surface area (Å²) in [5, 5.41) is 0. The van der Waals surface area contributed by atoms with Crippen LogP contribution < -0.4 is 0 Å². The van der Waals surface area contributed by atoms with Crippen molar-refractivity contribution < 1.29 is 0 Å². The number of nitrogens with zero attached hydrogens (tertiary/aromatic N) is 2. The largest absolute Gasteiger partial charge is 0.291 e. The molecule has 0 spiro atoms. The molecule has 0 aromatic heterocycles. The predicted molar refractivity (Wildman–Crippen MR) is 67.0 cm³/mol. The molecule has 0 amide bonds. The molecule has 0 saturated carbocycles. The fourth-order valence-corrected chi connectivity index (χ4v) is 2.92. The van der Waals surface area contributed by atoms with Gasteiger partial charge in [0.15, 0.2) is 0 Å². The Morgan fingerprint density at radius 3 is 2.20 bits per heavy atom. The van der Waals surface area contributed by atoms with Crippen molar-refractivity contribution in [3.63, 3.8) is 0 Å². The third-order valence-electron chi connectivity index (χ3n) is 3.80. The molecule has 2 nitrogen and oxygen atoms in total. The SMILES string of the molecule is CCCC[C@H](CC)C1N(C)CCCN1C. The Kier molecular flexibility index (Phi) is 5.62. The molecule has 90 valence electrons. The number of unbranched alkanes of at least 4 members (excludes halogenated alkanes) is 1. The van der Waals surface area contributed by atoms with Crippen molar-refractivity contribution >= 4 is 0 Å². The van der Waals surface area contributed by atoms with E-state index in [4.69, 9.17) is 0 Å². The average molecular weight is 212 g/mol. The Hall–Kier alpha value is -0.0800. The minimum Gasteiger partial charge on any atom is -0.291 e. The van der Waals surface area contributed by atoms with Crippen LogP contribution in [0.4, 0.5) is 0 Å². The van der Waals surface area contributed by atoms with E-state index in [0.29, 0.717) is 6.17 Å². The van der Waals surface area contributed by atoms with Crippen molar-refractivity contribution in [1.82, 2.24) is 9.80 Å². The van der Waals surface area contributed by atoms with E-state index < -0.39 is 0 Å². The van der Waals surface area contributed by atoms with Gasteiger partial charge in [0, 0.05) is 13.1 Å². The maximum absolute atomic E-state index is 2.55. The smallest absolute Gasteiger partial charge is 0.0646 e. The van der Waals surface area contributed by atoms with Gasteiger partial charge in [0.05, 0.1) is 6.17 Å². The Balaban J connectivity index is 2.54. The van der Waals surface area contributed by atoms with Crippen molar-refractivity contribution in [3.05, 3.63) is 0 Å². The van der Waals surface area contributed by atoms with Crippen LogP contribution >= 0.6 is 0 Å². The van der Waals surface area contributed by atoms with E-state index in [2.05, 4.69) is 37.7 Å². The van der Waals surface area contributed by atoms with Gasteiger partial charge in [-0.1, -0.05) is 33.1 Å². The molecule has 15 heavy (non-hydrogen) atoms. The summed E-state index contributed by atoms with van der Waals surface area (Å²) in [4.78, 5) is 5.10. The minimum absolute atomic E-state index is 0.690. The molecule has 1 aliphatic rings. The molecule has 1 saturated heterocycles. The van der Waals surface area contributed by atoms with Gasteiger partial charge in [0.2, 0.25) is 0 Å². The van der Waals surface area contributed by atoms with Crippen LogP contribution in [0.15, 0.2) is 0 Å². The lowest BCUT2D eigenvalue weighted by Crippen LogP contribution is -2.53. The normalized spacial score (nSPS) is 23.2. The maximum Gasteiger partial charge on any atom is 0.0646 e. The molecule has 0 aromatic rings. The standard InChI is InChI=1S/C13H28N2/c1-5-7-9-12(6-2)13-14(3)10-8-11-15(13)4/h12-13H,5-11H2,1-4H3/t12-/m0/s1. The summed E-state index contributed by atoms with van der Waals surface area (Å²) in [6.45, 7) is 7.19. The van der Waals surface area contributed by atoms with Crippen LogP contribution in [0, 0.1) is 5.92 Å². The van der Waals surface area contributed by atoms with Crippen molar-refractivity contribution in [2.45, 2.75) is 52.1 Å². The molecular weight excluding hydrogens is 184 g/mol. The van der Waals surface area contributed by atoms with Gasteiger partial charge in [-0.25, -0.2) is 0 Å². The summed E-state index contributed by atoms with van der Waals surface area (Å²) in [6.07, 6.45) is 7.45. The number of hydrogen-bond donors (Lipinski definition) is 0. The van der Waals surface area contributed by atoms with E-state index in [1.807, 2.05) is 0 Å². The molecule has 0 bridgehead atoms. The van der Waals surface area contributed by atoms with Crippen molar-refractivity contribution in [1.29, 1.82) is 0 Å². The summed E-state index contributed by atoms with van der Waals surface area (Å²) >= 11 is 0. The molecule has 2 heteroatoms. The van der Waals surface area contributed by atoms with Gasteiger partial charge in [0.1, 0.15) is 0 Å². The molecule has 0 unspecified atom stereocenters. The first-order chi connectivity index (χ1) is 7.20. The van der Waals surface area contributed by atoms with Gasteiger partial charge >= 0.3 is 0 Å². The van der Waals surface area contributed by atoms with Crippen molar-refractivity contribution in [2.75, 3.05) is 27.2 Å². The first-order valence-corrected chi connectivity index (χ1v) is 6.61. The predicted octanol–water partition coefficient (Wildman–Crippen LogP) is 2.80. The second-order valence-electron chi connectivity index (χ2n) is 5.04. The third kappa shape index (κ3) is 3.46. The molecule has 0 aromatic carbocycles. The second kappa shape index (κ2) is 6.49. The highest BCUT2D eigenvalue weighted by atomic mass is 15.4. The topological polar surface area (TPSA) is 6.48 Å². The molecule has 0 radical (unpaired) electrons. The highest BCUT2D eigenvalue weighted by Crippen LogP contribution is 2.25. The van der Waals surface area contributed by atoms with Crippen LogP contribution in [0.1, 0.15) is 46.0 Å². The molecular formula is C13H28N2. The number of rotatable bonds is 5. The summed E-state index contributed by atoms with van der Waals surface area (Å²) < 4.78 is 0. The van der Waals surface area contributed by atoms with Crippen LogP contribution in [0.2, 0.25) is 0 Å². The zero-order chi connectivity index (χ0) is 11.3. The first kappa shape index (κ1) is 13.0. The van der Waals surface area contributed by atoms with Crippen LogP contribution in [-0.4, -0.2) is 43.2 Å². The van der Waals surface area contributed by atoms with E-state index in [0.717, 1.165) is 5.92 Å². The molecule has 1 aliphatic heterocycles. The zero-order valence-corrected chi connectivity index (χ0v) is 11.0. The molecule has 1 atom stereocenters. The van der Waals surface area contributed by atoms with Gasteiger partial charge in [-0.15, -0.1) is 0 Å². The lowest BCUT2D eigenvalue weighted by atomic mass is 9.93. The highest BCUT2D eigenvalue weighted by molar-refractivity contribution is 4.80. The van der Waals surface area contributed by atoms with Crippen molar-refractivity contribution in [3.8, 4) is 0 Å². The summed E-state index contributed by atoms with van der Waals surface area (Å²) in [7, 11) is 4.57. The monoisotopic (exact) mass is 212 g/mol. The fraction of sp³-hybridized carbons (Fsp3) is 1.00. The first-order valence-electron chi connectivity index (χ1n) is 6.61. The Morgan fingerprint density at radius 1 is 1.13 bits per heavy atom. The molecule has 0 aliphatic carbocycles. The van der Waals surface area contributed by atoms with E-state index in [1.54, 1.807) is 0 Å². The quantitative estimate of drug-likeness (QED) is 0.691. The Labute approximate surface area is 95.6 Å². The number of hydrogen-bond acceptors (Lipinski definition) is 2. The van der Waals surface area contributed by atoms with Crippen LogP contribution in [0.25, 0.3) is 0 Å². The van der Waals surface area contributed by atoms with E-state index in [1.165, 1.54) is 45.2 Å². The molecule has 1 heterocycles. The lowest BCUT2D eigenvalue weighted by Gasteiger charge is -2.44. The summed E-state index contributed by atoms with van der Waals surface area (Å²) in [5.74, 6) is 0.861. The Bertz CT molecular complexity index is 160. The van der Waals surface area contributed by atoms with Gasteiger partial charge in [-0.2, -0.15) is 0 Å². The molecule has 1 rings (SSSR count). The fourth-order valence-electron chi connectivity index (χ4n) is 2.92. The van der Waals surface area contributed by atoms with Crippen LogP contribution in [0.5, 0.6) is 0 Å².